The number of carbonyl (C=O) groups excluding carboxylic acids is 2. The number of hydrogen-bond acceptors (Lipinski definition) is 3. The third-order valence-corrected chi connectivity index (χ3v) is 5.45. The van der Waals surface area contributed by atoms with Crippen LogP contribution < -0.4 is 10.1 Å². The Kier molecular flexibility index (Phi) is 6.34. The van der Waals surface area contributed by atoms with E-state index in [4.69, 9.17) is 4.74 Å². The molecule has 0 saturated heterocycles. The predicted molar refractivity (Wildman–Crippen MR) is 111 cm³/mol. The van der Waals surface area contributed by atoms with Gasteiger partial charge >= 0.3 is 0 Å². The molecule has 2 amide bonds. The fraction of sp³-hybridized carbons (Fsp3) is 0.391. The summed E-state index contributed by atoms with van der Waals surface area (Å²) in [6.45, 7) is 1.95. The maximum Gasteiger partial charge on any atom is 0.256 e. The fourth-order valence-corrected chi connectivity index (χ4v) is 3.80. The first-order valence-corrected chi connectivity index (χ1v) is 9.83. The quantitative estimate of drug-likeness (QED) is 0.821. The third kappa shape index (κ3) is 4.35. The molecule has 0 bridgehead atoms. The first-order valence-electron chi connectivity index (χ1n) is 9.83. The average Bonchev–Trinajstić information content (AvgIpc) is 2.73. The van der Waals surface area contributed by atoms with E-state index in [0.717, 1.165) is 31.2 Å². The van der Waals surface area contributed by atoms with Gasteiger partial charge in [0, 0.05) is 13.1 Å². The van der Waals surface area contributed by atoms with E-state index in [1.165, 1.54) is 6.42 Å². The summed E-state index contributed by atoms with van der Waals surface area (Å²) in [6, 6.07) is 12.8. The van der Waals surface area contributed by atoms with E-state index < -0.39 is 0 Å². The molecule has 0 heterocycles. The molecule has 0 unspecified atom stereocenters. The lowest BCUT2D eigenvalue weighted by Gasteiger charge is -2.31. The minimum Gasteiger partial charge on any atom is -0.495 e. The van der Waals surface area contributed by atoms with Crippen molar-refractivity contribution in [2.24, 2.45) is 0 Å². The van der Waals surface area contributed by atoms with E-state index in [2.05, 4.69) is 5.32 Å². The number of ether oxygens (including phenoxy) is 1. The average molecular weight is 380 g/mol. The molecule has 5 nitrogen and oxygen atoms in total. The van der Waals surface area contributed by atoms with Crippen molar-refractivity contribution < 1.29 is 14.3 Å². The first-order chi connectivity index (χ1) is 13.5. The van der Waals surface area contributed by atoms with E-state index in [-0.39, 0.29) is 17.9 Å². The minimum absolute atomic E-state index is 0.103. The van der Waals surface area contributed by atoms with E-state index in [1.54, 1.807) is 36.3 Å². The van der Waals surface area contributed by atoms with Crippen molar-refractivity contribution in [3.8, 4) is 5.75 Å². The van der Waals surface area contributed by atoms with Crippen molar-refractivity contribution in [2.75, 3.05) is 19.5 Å². The van der Waals surface area contributed by atoms with Crippen LogP contribution in [0.4, 0.5) is 5.69 Å². The Labute approximate surface area is 166 Å². The molecule has 2 aromatic carbocycles. The second-order valence-corrected chi connectivity index (χ2v) is 7.41. The number of aryl methyl sites for hydroxylation is 1. The zero-order chi connectivity index (χ0) is 20.1. The molecule has 1 N–H and O–H groups in total. The molecule has 1 saturated carbocycles. The number of nitrogens with one attached hydrogen (secondary N) is 1. The Morgan fingerprint density at radius 3 is 2.39 bits per heavy atom. The van der Waals surface area contributed by atoms with Gasteiger partial charge in [0.2, 0.25) is 0 Å². The Morgan fingerprint density at radius 1 is 1.04 bits per heavy atom. The molecule has 0 aromatic heterocycles. The van der Waals surface area contributed by atoms with Gasteiger partial charge in [-0.25, -0.2) is 0 Å². The Balaban J connectivity index is 1.84. The third-order valence-electron chi connectivity index (χ3n) is 5.45. The van der Waals surface area contributed by atoms with Gasteiger partial charge in [-0.15, -0.1) is 0 Å². The van der Waals surface area contributed by atoms with Crippen molar-refractivity contribution in [2.45, 2.75) is 45.1 Å². The number of rotatable bonds is 5. The molecule has 1 aliphatic carbocycles. The molecule has 148 valence electrons. The molecule has 0 radical (unpaired) electrons. The Bertz CT molecular complexity index is 857. The van der Waals surface area contributed by atoms with Gasteiger partial charge in [-0.3, -0.25) is 9.59 Å². The number of benzene rings is 2. The number of anilines is 1. The molecule has 0 aliphatic heterocycles. The van der Waals surface area contributed by atoms with Crippen molar-refractivity contribution >= 4 is 17.5 Å². The van der Waals surface area contributed by atoms with Crippen LogP contribution in [0.3, 0.4) is 0 Å². The van der Waals surface area contributed by atoms with Crippen LogP contribution in [0.1, 0.15) is 58.4 Å². The highest BCUT2D eigenvalue weighted by Gasteiger charge is 2.26. The highest BCUT2D eigenvalue weighted by atomic mass is 16.5. The summed E-state index contributed by atoms with van der Waals surface area (Å²) in [7, 11) is 3.41. The molecular weight excluding hydrogens is 352 g/mol. The monoisotopic (exact) mass is 380 g/mol. The van der Waals surface area contributed by atoms with Crippen molar-refractivity contribution in [1.82, 2.24) is 4.90 Å². The van der Waals surface area contributed by atoms with Gasteiger partial charge in [0.1, 0.15) is 5.75 Å². The summed E-state index contributed by atoms with van der Waals surface area (Å²) in [6.07, 6.45) is 5.58. The molecule has 28 heavy (non-hydrogen) atoms. The van der Waals surface area contributed by atoms with Gasteiger partial charge in [-0.1, -0.05) is 37.5 Å². The summed E-state index contributed by atoms with van der Waals surface area (Å²) in [5, 5.41) is 2.90. The van der Waals surface area contributed by atoms with Crippen LogP contribution in [0.2, 0.25) is 0 Å². The van der Waals surface area contributed by atoms with Gasteiger partial charge in [0.25, 0.3) is 11.8 Å². The van der Waals surface area contributed by atoms with Crippen LogP contribution in [0.15, 0.2) is 42.5 Å². The summed E-state index contributed by atoms with van der Waals surface area (Å²) in [5.74, 6) is 0.167. The maximum absolute atomic E-state index is 13.1. The summed E-state index contributed by atoms with van der Waals surface area (Å²) >= 11 is 0. The number of nitrogens with zero attached hydrogens (tertiary/aromatic N) is 1. The smallest absolute Gasteiger partial charge is 0.256 e. The lowest BCUT2D eigenvalue weighted by molar-refractivity contribution is 0.0692. The number of carbonyl (C=O) groups is 2. The van der Waals surface area contributed by atoms with Crippen LogP contribution in [0, 0.1) is 6.92 Å². The van der Waals surface area contributed by atoms with Gasteiger partial charge in [0.15, 0.2) is 0 Å². The number of methoxy groups -OCH3 is 1. The van der Waals surface area contributed by atoms with Crippen molar-refractivity contribution in [1.29, 1.82) is 0 Å². The normalized spacial score (nSPS) is 14.4. The minimum atomic E-state index is -0.315. The van der Waals surface area contributed by atoms with Gasteiger partial charge in [-0.05, 0) is 49.6 Å². The number of amides is 2. The fourth-order valence-electron chi connectivity index (χ4n) is 3.80. The van der Waals surface area contributed by atoms with Crippen LogP contribution in [-0.2, 0) is 0 Å². The maximum atomic E-state index is 13.1. The molecular formula is C23H28N2O3. The Hall–Kier alpha value is -2.82. The van der Waals surface area contributed by atoms with E-state index in [0.29, 0.717) is 22.6 Å². The second-order valence-electron chi connectivity index (χ2n) is 7.41. The van der Waals surface area contributed by atoms with Crippen LogP contribution in [0.25, 0.3) is 0 Å². The van der Waals surface area contributed by atoms with Crippen LogP contribution >= 0.6 is 0 Å². The predicted octanol–water partition coefficient (Wildman–Crippen LogP) is 4.66. The molecule has 3 rings (SSSR count). The topological polar surface area (TPSA) is 58.6 Å². The van der Waals surface area contributed by atoms with Crippen LogP contribution in [0.5, 0.6) is 5.75 Å². The number of hydrogen-bond donors (Lipinski definition) is 1. The van der Waals surface area contributed by atoms with E-state index in [9.17, 15) is 9.59 Å². The zero-order valence-corrected chi connectivity index (χ0v) is 16.8. The highest BCUT2D eigenvalue weighted by Crippen LogP contribution is 2.27. The summed E-state index contributed by atoms with van der Waals surface area (Å²) in [5.41, 5.74) is 2.41. The molecule has 2 aromatic rings. The summed E-state index contributed by atoms with van der Waals surface area (Å²) < 4.78 is 5.34. The highest BCUT2D eigenvalue weighted by molar-refractivity contribution is 6.12. The largest absolute Gasteiger partial charge is 0.495 e. The molecule has 1 fully saturated rings. The molecule has 0 atom stereocenters. The molecule has 1 aliphatic rings. The zero-order valence-electron chi connectivity index (χ0n) is 16.8. The van der Waals surface area contributed by atoms with E-state index >= 15 is 0 Å². The first kappa shape index (κ1) is 19.9. The van der Waals surface area contributed by atoms with Gasteiger partial charge in [0.05, 0.1) is 23.9 Å². The van der Waals surface area contributed by atoms with Crippen LogP contribution in [-0.4, -0.2) is 36.9 Å². The lowest BCUT2D eigenvalue weighted by Crippen LogP contribution is -2.39. The lowest BCUT2D eigenvalue weighted by atomic mass is 9.93. The molecule has 0 spiro atoms. The van der Waals surface area contributed by atoms with Gasteiger partial charge in [-0.2, -0.15) is 0 Å². The Morgan fingerprint density at radius 2 is 1.71 bits per heavy atom. The van der Waals surface area contributed by atoms with Gasteiger partial charge < -0.3 is 15.0 Å². The molecule has 5 heteroatoms. The second kappa shape index (κ2) is 8.91. The SMILES string of the molecule is COc1ccc(C)cc1NC(=O)c1ccccc1C(=O)N(C)C1CCCCC1. The van der Waals surface area contributed by atoms with Crippen molar-refractivity contribution in [3.05, 3.63) is 59.2 Å². The summed E-state index contributed by atoms with van der Waals surface area (Å²) in [4.78, 5) is 27.9. The van der Waals surface area contributed by atoms with E-state index in [1.807, 2.05) is 32.2 Å². The standard InChI is InChI=1S/C23H28N2O3/c1-16-13-14-21(28-3)20(15-16)24-22(26)18-11-7-8-12-19(18)23(27)25(2)17-9-5-4-6-10-17/h7-8,11-15,17H,4-6,9-10H2,1-3H3,(H,24,26). The van der Waals surface area contributed by atoms with Crippen molar-refractivity contribution in [3.63, 3.8) is 0 Å².